The molecule has 3 N–H and O–H groups in total. The molecule has 35 heavy (non-hydrogen) atoms. The molecule has 8 heteroatoms. The van der Waals surface area contributed by atoms with Gasteiger partial charge < -0.3 is 20.7 Å². The molecule has 3 heterocycles. The highest BCUT2D eigenvalue weighted by Crippen LogP contribution is 2.45. The molecule has 2 aliphatic heterocycles. The zero-order chi connectivity index (χ0) is 24.4. The molecule has 8 nitrogen and oxygen atoms in total. The van der Waals surface area contributed by atoms with Gasteiger partial charge in [0.25, 0.3) is 0 Å². The van der Waals surface area contributed by atoms with Crippen molar-refractivity contribution in [3.05, 3.63) is 41.6 Å². The van der Waals surface area contributed by atoms with E-state index in [2.05, 4.69) is 40.0 Å². The maximum absolute atomic E-state index is 13.5. The van der Waals surface area contributed by atoms with E-state index in [1.165, 1.54) is 6.42 Å². The molecule has 1 spiro atoms. The molecule has 2 fully saturated rings. The van der Waals surface area contributed by atoms with Crippen molar-refractivity contribution in [2.45, 2.75) is 76.2 Å². The maximum atomic E-state index is 13.5. The molecule has 0 unspecified atom stereocenters. The van der Waals surface area contributed by atoms with Gasteiger partial charge >= 0.3 is 0 Å². The van der Waals surface area contributed by atoms with Crippen LogP contribution in [0.4, 0.5) is 17.2 Å². The minimum atomic E-state index is -0.511. The first-order valence-electron chi connectivity index (χ1n) is 12.9. The standard InChI is InChI=1S/C27H35N5O3/c1-17(2)21-10-11-23(32-31-21)30-24(18-6-4-3-5-7-18)25(33)28-19-8-9-20-22(16-19)29-26(34)27(20)12-14-35-15-13-27/h8-11,16-18,24H,3-7,12-15H2,1-2H3,(H,28,33)(H,29,34)(H,30,32)/t24-/m0/s1. The van der Waals surface area contributed by atoms with Crippen molar-refractivity contribution in [3.8, 4) is 0 Å². The van der Waals surface area contributed by atoms with Gasteiger partial charge in [-0.3, -0.25) is 9.59 Å². The van der Waals surface area contributed by atoms with Crippen LogP contribution >= 0.6 is 0 Å². The predicted molar refractivity (Wildman–Crippen MR) is 136 cm³/mol. The fourth-order valence-electron chi connectivity index (χ4n) is 5.70. The van der Waals surface area contributed by atoms with E-state index in [0.29, 0.717) is 43.5 Å². The van der Waals surface area contributed by atoms with E-state index in [1.54, 1.807) is 0 Å². The Balaban J connectivity index is 1.34. The number of anilines is 3. The SMILES string of the molecule is CC(C)c1ccc(N[C@H](C(=O)Nc2ccc3c(c2)NC(=O)C32CCOCC2)C2CCCCC2)nn1. The smallest absolute Gasteiger partial charge is 0.247 e. The summed E-state index contributed by atoms with van der Waals surface area (Å²) < 4.78 is 5.49. The van der Waals surface area contributed by atoms with Crippen LogP contribution in [0.3, 0.4) is 0 Å². The lowest BCUT2D eigenvalue weighted by Gasteiger charge is -2.31. The molecule has 2 aromatic rings. The summed E-state index contributed by atoms with van der Waals surface area (Å²) in [6, 6.07) is 9.23. The molecule has 1 saturated heterocycles. The van der Waals surface area contributed by atoms with E-state index in [0.717, 1.165) is 42.6 Å². The van der Waals surface area contributed by atoms with Crippen molar-refractivity contribution in [1.82, 2.24) is 10.2 Å². The number of amides is 2. The van der Waals surface area contributed by atoms with E-state index >= 15 is 0 Å². The number of aromatic nitrogens is 2. The molecule has 1 atom stereocenters. The summed E-state index contributed by atoms with van der Waals surface area (Å²) >= 11 is 0. The van der Waals surface area contributed by atoms with Gasteiger partial charge in [0.2, 0.25) is 11.8 Å². The summed E-state index contributed by atoms with van der Waals surface area (Å²) in [6.45, 7) is 5.33. The summed E-state index contributed by atoms with van der Waals surface area (Å²) in [4.78, 5) is 26.4. The quantitative estimate of drug-likeness (QED) is 0.562. The second kappa shape index (κ2) is 9.93. The highest BCUT2D eigenvalue weighted by molar-refractivity contribution is 6.07. The van der Waals surface area contributed by atoms with Crippen molar-refractivity contribution >= 4 is 29.0 Å². The minimum absolute atomic E-state index is 0.0319. The number of hydrogen-bond acceptors (Lipinski definition) is 6. The summed E-state index contributed by atoms with van der Waals surface area (Å²) in [7, 11) is 0. The molecule has 0 bridgehead atoms. The molecular formula is C27H35N5O3. The molecule has 5 rings (SSSR count). The predicted octanol–water partition coefficient (Wildman–Crippen LogP) is 4.60. The summed E-state index contributed by atoms with van der Waals surface area (Å²) in [6.07, 6.45) is 6.85. The number of rotatable bonds is 6. The first-order valence-corrected chi connectivity index (χ1v) is 12.9. The number of nitrogens with one attached hydrogen (secondary N) is 3. The Hall–Kier alpha value is -3.00. The Bertz CT molecular complexity index is 1070. The number of benzene rings is 1. The lowest BCUT2D eigenvalue weighted by Crippen LogP contribution is -2.42. The molecule has 1 aliphatic carbocycles. The van der Waals surface area contributed by atoms with Gasteiger partial charge in [0.15, 0.2) is 0 Å². The molecule has 3 aliphatic rings. The van der Waals surface area contributed by atoms with Gasteiger partial charge in [-0.05, 0) is 67.3 Å². The van der Waals surface area contributed by atoms with Crippen LogP contribution in [0.25, 0.3) is 0 Å². The summed E-state index contributed by atoms with van der Waals surface area (Å²) in [5.74, 6) is 1.09. The van der Waals surface area contributed by atoms with Crippen molar-refractivity contribution in [3.63, 3.8) is 0 Å². The maximum Gasteiger partial charge on any atom is 0.247 e. The van der Waals surface area contributed by atoms with Crippen molar-refractivity contribution < 1.29 is 14.3 Å². The van der Waals surface area contributed by atoms with Crippen LogP contribution in [0.2, 0.25) is 0 Å². The molecule has 1 aromatic heterocycles. The zero-order valence-electron chi connectivity index (χ0n) is 20.6. The molecule has 1 aromatic carbocycles. The normalized spacial score (nSPS) is 20.4. The molecular weight excluding hydrogens is 442 g/mol. The summed E-state index contributed by atoms with van der Waals surface area (Å²) in [5, 5.41) is 18.2. The molecule has 186 valence electrons. The van der Waals surface area contributed by atoms with Gasteiger partial charge in [0.05, 0.1) is 11.1 Å². The van der Waals surface area contributed by atoms with E-state index in [9.17, 15) is 9.59 Å². The number of hydrogen-bond donors (Lipinski definition) is 3. The number of nitrogens with zero attached hydrogens (tertiary/aromatic N) is 2. The number of fused-ring (bicyclic) bond motifs is 2. The van der Waals surface area contributed by atoms with Gasteiger partial charge in [0.1, 0.15) is 11.9 Å². The van der Waals surface area contributed by atoms with Gasteiger partial charge in [-0.25, -0.2) is 0 Å². The van der Waals surface area contributed by atoms with E-state index in [-0.39, 0.29) is 17.7 Å². The Morgan fingerprint density at radius 1 is 1.09 bits per heavy atom. The van der Waals surface area contributed by atoms with Crippen LogP contribution in [0, 0.1) is 5.92 Å². The minimum Gasteiger partial charge on any atom is -0.381 e. The van der Waals surface area contributed by atoms with Crippen LogP contribution in [0.5, 0.6) is 0 Å². The van der Waals surface area contributed by atoms with E-state index < -0.39 is 11.5 Å². The third kappa shape index (κ3) is 4.76. The lowest BCUT2D eigenvalue weighted by atomic mass is 9.75. The fourth-order valence-corrected chi connectivity index (χ4v) is 5.70. The van der Waals surface area contributed by atoms with Crippen LogP contribution in [-0.4, -0.2) is 41.3 Å². The summed E-state index contributed by atoms with van der Waals surface area (Å²) in [5.41, 5.74) is 2.89. The van der Waals surface area contributed by atoms with Crippen LogP contribution < -0.4 is 16.0 Å². The van der Waals surface area contributed by atoms with E-state index in [4.69, 9.17) is 4.74 Å². The number of ether oxygens (including phenoxy) is 1. The van der Waals surface area contributed by atoms with E-state index in [1.807, 2.05) is 30.3 Å². The van der Waals surface area contributed by atoms with Gasteiger partial charge in [-0.15, -0.1) is 5.10 Å². The molecule has 2 amide bonds. The number of carbonyl (C=O) groups is 2. The highest BCUT2D eigenvalue weighted by atomic mass is 16.5. The largest absolute Gasteiger partial charge is 0.381 e. The van der Waals surface area contributed by atoms with Gasteiger partial charge in [-0.2, -0.15) is 5.10 Å². The lowest BCUT2D eigenvalue weighted by molar-refractivity contribution is -0.124. The highest BCUT2D eigenvalue weighted by Gasteiger charge is 2.47. The Morgan fingerprint density at radius 3 is 2.54 bits per heavy atom. The van der Waals surface area contributed by atoms with Crippen LogP contribution in [0.1, 0.15) is 76.0 Å². The van der Waals surface area contributed by atoms with Crippen molar-refractivity contribution in [1.29, 1.82) is 0 Å². The third-order valence-corrected chi connectivity index (χ3v) is 7.82. The monoisotopic (exact) mass is 477 g/mol. The first-order chi connectivity index (χ1) is 17.0. The average Bonchev–Trinajstić information content (AvgIpc) is 3.13. The van der Waals surface area contributed by atoms with Gasteiger partial charge in [0, 0.05) is 24.6 Å². The average molecular weight is 478 g/mol. The molecule has 1 saturated carbocycles. The van der Waals surface area contributed by atoms with Crippen LogP contribution in [0.15, 0.2) is 30.3 Å². The second-order valence-corrected chi connectivity index (χ2v) is 10.4. The second-order valence-electron chi connectivity index (χ2n) is 10.4. The van der Waals surface area contributed by atoms with Crippen molar-refractivity contribution in [2.24, 2.45) is 5.92 Å². The Morgan fingerprint density at radius 2 is 1.86 bits per heavy atom. The Kier molecular flexibility index (Phi) is 6.73. The topological polar surface area (TPSA) is 105 Å². The molecule has 0 radical (unpaired) electrons. The van der Waals surface area contributed by atoms with Crippen molar-refractivity contribution in [2.75, 3.05) is 29.2 Å². The van der Waals surface area contributed by atoms with Gasteiger partial charge in [-0.1, -0.05) is 39.2 Å². The fraction of sp³-hybridized carbons (Fsp3) is 0.556. The Labute approximate surface area is 206 Å². The first kappa shape index (κ1) is 23.7. The van der Waals surface area contributed by atoms with Crippen LogP contribution in [-0.2, 0) is 19.7 Å². The number of carbonyl (C=O) groups excluding carboxylic acids is 2. The zero-order valence-corrected chi connectivity index (χ0v) is 20.6. The third-order valence-electron chi connectivity index (χ3n) is 7.82.